The first-order chi connectivity index (χ1) is 16.3. The predicted molar refractivity (Wildman–Crippen MR) is 122 cm³/mol. The number of carbonyl (C=O) groups is 4. The van der Waals surface area contributed by atoms with Crippen LogP contribution in [-0.4, -0.2) is 84.7 Å². The first-order valence-electron chi connectivity index (χ1n) is 11.6. The van der Waals surface area contributed by atoms with Gasteiger partial charge in [-0.2, -0.15) is 0 Å². The van der Waals surface area contributed by atoms with E-state index in [-0.39, 0.29) is 23.8 Å². The van der Waals surface area contributed by atoms with Crippen LogP contribution in [0.4, 0.5) is 16.2 Å². The molecule has 0 aromatic heterocycles. The number of hydrogen-bond acceptors (Lipinski definition) is 6. The lowest BCUT2D eigenvalue weighted by molar-refractivity contribution is -0.141. The Morgan fingerprint density at radius 3 is 2.44 bits per heavy atom. The minimum Gasteiger partial charge on any atom is -0.450 e. The second kappa shape index (κ2) is 8.43. The fourth-order valence-electron chi connectivity index (χ4n) is 5.46. The molecule has 1 aromatic rings. The van der Waals surface area contributed by atoms with Gasteiger partial charge in [-0.05, 0) is 31.2 Å². The Kier molecular flexibility index (Phi) is 5.55. The summed E-state index contributed by atoms with van der Waals surface area (Å²) in [7, 11) is 0. The van der Waals surface area contributed by atoms with Crippen LogP contribution < -0.4 is 10.2 Å². The number of hydrogen-bond donors (Lipinski definition) is 1. The Morgan fingerprint density at radius 1 is 1.12 bits per heavy atom. The molecule has 1 spiro atoms. The second-order valence-electron chi connectivity index (χ2n) is 9.06. The van der Waals surface area contributed by atoms with E-state index in [4.69, 9.17) is 9.47 Å². The van der Waals surface area contributed by atoms with Gasteiger partial charge in [0.25, 0.3) is 0 Å². The zero-order chi connectivity index (χ0) is 24.0. The summed E-state index contributed by atoms with van der Waals surface area (Å²) in [5.41, 5.74) is 0.524. The van der Waals surface area contributed by atoms with Crippen LogP contribution in [0.1, 0.15) is 13.8 Å². The first-order valence-corrected chi connectivity index (χ1v) is 11.6. The van der Waals surface area contributed by atoms with Crippen LogP contribution in [0.3, 0.4) is 0 Å². The molecule has 4 amide bonds. The zero-order valence-corrected chi connectivity index (χ0v) is 19.2. The number of piperazine rings is 1. The number of amides is 4. The van der Waals surface area contributed by atoms with Gasteiger partial charge in [0, 0.05) is 44.5 Å². The Bertz CT molecular complexity index is 1050. The smallest absolute Gasteiger partial charge is 0.409 e. The first kappa shape index (κ1) is 22.4. The van der Waals surface area contributed by atoms with E-state index in [1.807, 2.05) is 12.2 Å². The Labute approximate surface area is 197 Å². The summed E-state index contributed by atoms with van der Waals surface area (Å²) in [5, 5.41) is 2.71. The molecule has 3 saturated heterocycles. The molecule has 4 aliphatic rings. The molecular formula is C24H28N4O6. The van der Waals surface area contributed by atoms with Gasteiger partial charge in [-0.15, -0.1) is 0 Å². The van der Waals surface area contributed by atoms with Gasteiger partial charge in [0.15, 0.2) is 0 Å². The second-order valence-corrected chi connectivity index (χ2v) is 9.06. The molecule has 2 bridgehead atoms. The Morgan fingerprint density at radius 2 is 1.79 bits per heavy atom. The highest BCUT2D eigenvalue weighted by Crippen LogP contribution is 2.53. The monoisotopic (exact) mass is 468 g/mol. The largest absolute Gasteiger partial charge is 0.450 e. The van der Waals surface area contributed by atoms with Crippen molar-refractivity contribution >= 4 is 35.2 Å². The lowest BCUT2D eigenvalue weighted by atomic mass is 9.76. The number of ether oxygens (including phenoxy) is 2. The van der Waals surface area contributed by atoms with E-state index in [2.05, 4.69) is 5.32 Å². The van der Waals surface area contributed by atoms with Crippen molar-refractivity contribution in [3.05, 3.63) is 36.4 Å². The van der Waals surface area contributed by atoms with E-state index < -0.39 is 23.5 Å². The third kappa shape index (κ3) is 3.62. The van der Waals surface area contributed by atoms with Gasteiger partial charge in [0.2, 0.25) is 17.7 Å². The number of fused-ring (bicyclic) bond motifs is 1. The van der Waals surface area contributed by atoms with E-state index in [1.54, 1.807) is 45.9 Å². The van der Waals surface area contributed by atoms with Crippen molar-refractivity contribution in [2.75, 3.05) is 49.5 Å². The van der Waals surface area contributed by atoms with E-state index in [1.165, 1.54) is 6.92 Å². The number of anilines is 2. The Hall–Kier alpha value is -3.40. The van der Waals surface area contributed by atoms with E-state index in [9.17, 15) is 19.2 Å². The molecule has 4 aliphatic heterocycles. The van der Waals surface area contributed by atoms with Crippen LogP contribution in [-0.2, 0) is 23.9 Å². The molecule has 180 valence electrons. The van der Waals surface area contributed by atoms with Gasteiger partial charge in [0.1, 0.15) is 5.60 Å². The molecule has 0 radical (unpaired) electrons. The molecule has 0 aliphatic carbocycles. The summed E-state index contributed by atoms with van der Waals surface area (Å²) in [4.78, 5) is 55.3. The highest BCUT2D eigenvalue weighted by molar-refractivity contribution is 6.03. The lowest BCUT2D eigenvalue weighted by Crippen LogP contribution is -2.54. The van der Waals surface area contributed by atoms with Gasteiger partial charge in [-0.1, -0.05) is 12.2 Å². The quantitative estimate of drug-likeness (QED) is 0.666. The highest BCUT2D eigenvalue weighted by atomic mass is 16.6. The van der Waals surface area contributed by atoms with E-state index in [0.717, 1.165) is 0 Å². The Balaban J connectivity index is 1.31. The van der Waals surface area contributed by atoms with Crippen molar-refractivity contribution in [3.63, 3.8) is 0 Å². The molecule has 1 aromatic carbocycles. The minimum absolute atomic E-state index is 0.110. The van der Waals surface area contributed by atoms with Crippen LogP contribution in [0.2, 0.25) is 0 Å². The number of rotatable bonds is 4. The summed E-state index contributed by atoms with van der Waals surface area (Å²) >= 11 is 0. The lowest BCUT2D eigenvalue weighted by Gasteiger charge is -2.36. The van der Waals surface area contributed by atoms with Crippen LogP contribution in [0.25, 0.3) is 0 Å². The molecule has 3 fully saturated rings. The molecule has 0 unspecified atom stereocenters. The van der Waals surface area contributed by atoms with Gasteiger partial charge in [0.05, 0.1) is 31.1 Å². The zero-order valence-electron chi connectivity index (χ0n) is 19.2. The number of carbonyl (C=O) groups excluding carboxylic acids is 4. The summed E-state index contributed by atoms with van der Waals surface area (Å²) in [5.74, 6) is -1.59. The van der Waals surface area contributed by atoms with E-state index >= 15 is 0 Å². The van der Waals surface area contributed by atoms with Crippen LogP contribution in [0.15, 0.2) is 36.4 Å². The van der Waals surface area contributed by atoms with Gasteiger partial charge >= 0.3 is 6.09 Å². The summed E-state index contributed by atoms with van der Waals surface area (Å²) in [6.07, 6.45) is 3.03. The van der Waals surface area contributed by atoms with Gasteiger partial charge in [-0.25, -0.2) is 4.79 Å². The van der Waals surface area contributed by atoms with Gasteiger partial charge < -0.3 is 29.5 Å². The average molecular weight is 469 g/mol. The topological polar surface area (TPSA) is 108 Å². The molecular weight excluding hydrogens is 440 g/mol. The van der Waals surface area contributed by atoms with Crippen molar-refractivity contribution in [1.29, 1.82) is 0 Å². The predicted octanol–water partition coefficient (Wildman–Crippen LogP) is 1.23. The number of nitrogens with one attached hydrogen (secondary N) is 1. The van der Waals surface area contributed by atoms with Crippen molar-refractivity contribution in [2.45, 2.75) is 25.6 Å². The normalized spacial score (nSPS) is 29.4. The maximum atomic E-state index is 13.5. The van der Waals surface area contributed by atoms with Crippen LogP contribution in [0.5, 0.6) is 0 Å². The third-order valence-corrected chi connectivity index (χ3v) is 7.00. The van der Waals surface area contributed by atoms with Crippen LogP contribution in [0, 0.1) is 11.8 Å². The van der Waals surface area contributed by atoms with Crippen molar-refractivity contribution in [3.8, 4) is 0 Å². The molecule has 4 atom stereocenters. The maximum Gasteiger partial charge on any atom is 0.409 e. The minimum atomic E-state index is -0.814. The highest BCUT2D eigenvalue weighted by Gasteiger charge is 2.67. The fraction of sp³-hybridized carbons (Fsp3) is 0.500. The van der Waals surface area contributed by atoms with Crippen LogP contribution >= 0.6 is 0 Å². The summed E-state index contributed by atoms with van der Waals surface area (Å²) in [6.45, 7) is 5.43. The molecule has 34 heavy (non-hydrogen) atoms. The molecule has 0 saturated carbocycles. The van der Waals surface area contributed by atoms with Crippen molar-refractivity contribution in [1.82, 2.24) is 9.80 Å². The average Bonchev–Trinajstić information content (AvgIpc) is 3.47. The standard InChI is InChI=1S/C24H28N4O6/c1-3-33-23(32)27-12-10-26(11-13-27)21(30)19-18-8-9-24(34-18)14-28(22(31)20(19)24)17-6-4-16(5-7-17)25-15(2)29/h4-9,18-20H,3,10-14H2,1-2H3,(H,25,29)/t18-,19-,20-,24+/m1/s1. The molecule has 10 nitrogen and oxygen atoms in total. The number of nitrogens with zero attached hydrogens (tertiary/aromatic N) is 3. The van der Waals surface area contributed by atoms with E-state index in [0.29, 0.717) is 50.7 Å². The summed E-state index contributed by atoms with van der Waals surface area (Å²) < 4.78 is 11.3. The van der Waals surface area contributed by atoms with Crippen molar-refractivity contribution < 1.29 is 28.7 Å². The molecule has 4 heterocycles. The summed E-state index contributed by atoms with van der Waals surface area (Å²) in [6, 6.07) is 7.05. The third-order valence-electron chi connectivity index (χ3n) is 7.00. The molecule has 1 N–H and O–H groups in total. The fourth-order valence-corrected chi connectivity index (χ4v) is 5.46. The number of benzene rings is 1. The maximum absolute atomic E-state index is 13.5. The SMILES string of the molecule is CCOC(=O)N1CCN(C(=O)[C@@H]2[C@H]3C=C[C@@]4(CN(c5ccc(NC(C)=O)cc5)C(=O)[C@@H]24)O3)CC1. The van der Waals surface area contributed by atoms with Gasteiger partial charge in [-0.3, -0.25) is 14.4 Å². The molecule has 5 rings (SSSR count). The molecule has 10 heteroatoms. The van der Waals surface area contributed by atoms with Crippen molar-refractivity contribution in [2.24, 2.45) is 11.8 Å².